The van der Waals surface area contributed by atoms with Gasteiger partial charge in [0.05, 0.1) is 46.8 Å². The molecule has 0 spiro atoms. The minimum absolute atomic E-state index is 0.327. The Bertz CT molecular complexity index is 1450. The van der Waals surface area contributed by atoms with Crippen LogP contribution in [0.3, 0.4) is 0 Å². The fourth-order valence-corrected chi connectivity index (χ4v) is 5.66. The quantitative estimate of drug-likeness (QED) is 0.348. The number of ether oxygens (including phenoxy) is 5. The predicted octanol–water partition coefficient (Wildman–Crippen LogP) is 5.30. The van der Waals surface area contributed by atoms with Crippen molar-refractivity contribution < 1.29 is 33.3 Å². The molecule has 2 atom stereocenters. The molecule has 2 aromatic carbocycles. The first-order valence-electron chi connectivity index (χ1n) is 12.1. The van der Waals surface area contributed by atoms with Gasteiger partial charge >= 0.3 is 11.9 Å². The van der Waals surface area contributed by atoms with E-state index < -0.39 is 23.8 Å². The van der Waals surface area contributed by atoms with Crippen LogP contribution >= 0.6 is 11.3 Å². The highest BCUT2D eigenvalue weighted by atomic mass is 32.1. The summed E-state index contributed by atoms with van der Waals surface area (Å²) < 4.78 is 26.6. The second-order valence-electron chi connectivity index (χ2n) is 8.80. The molecule has 0 saturated carbocycles. The summed E-state index contributed by atoms with van der Waals surface area (Å²) >= 11 is 1.47. The standard InChI is InChI=1S/C29H30N2O7S/c1-15-23(28(32)37-6)25(24(16(2)30-15)29(33)38-7)17-9-8-10-18(11-17)27-31-20(14-39-27)19-12-21(34-3)26(36-5)22(13-19)35-4/h8-14,23,25H,1-7H3. The Labute approximate surface area is 231 Å². The summed E-state index contributed by atoms with van der Waals surface area (Å²) in [5.74, 6) is -0.839. The Morgan fingerprint density at radius 2 is 1.56 bits per heavy atom. The van der Waals surface area contributed by atoms with Crippen LogP contribution in [0.1, 0.15) is 25.3 Å². The van der Waals surface area contributed by atoms with Crippen LogP contribution in [-0.4, -0.2) is 58.2 Å². The molecule has 39 heavy (non-hydrogen) atoms. The molecule has 0 aliphatic carbocycles. The average Bonchev–Trinajstić information content (AvgIpc) is 3.45. The Balaban J connectivity index is 1.78. The van der Waals surface area contributed by atoms with Crippen LogP contribution in [0.25, 0.3) is 21.8 Å². The summed E-state index contributed by atoms with van der Waals surface area (Å²) in [4.78, 5) is 35.1. The molecule has 0 amide bonds. The number of aliphatic imine (C=N–C) groups is 1. The van der Waals surface area contributed by atoms with E-state index in [2.05, 4.69) is 4.99 Å². The third kappa shape index (κ3) is 5.24. The number of rotatable bonds is 8. The van der Waals surface area contributed by atoms with Crippen molar-refractivity contribution in [2.45, 2.75) is 19.8 Å². The second-order valence-corrected chi connectivity index (χ2v) is 9.66. The smallest absolute Gasteiger partial charge is 0.336 e. The third-order valence-corrected chi connectivity index (χ3v) is 7.54. The van der Waals surface area contributed by atoms with Gasteiger partial charge < -0.3 is 23.7 Å². The van der Waals surface area contributed by atoms with E-state index in [0.717, 1.165) is 27.4 Å². The number of esters is 2. The summed E-state index contributed by atoms with van der Waals surface area (Å²) in [6.45, 7) is 3.51. The van der Waals surface area contributed by atoms with Crippen molar-refractivity contribution in [1.29, 1.82) is 0 Å². The van der Waals surface area contributed by atoms with E-state index in [1.165, 1.54) is 25.6 Å². The fourth-order valence-electron chi connectivity index (χ4n) is 4.84. The molecule has 2 heterocycles. The zero-order chi connectivity index (χ0) is 28.3. The van der Waals surface area contributed by atoms with E-state index in [9.17, 15) is 9.59 Å². The van der Waals surface area contributed by atoms with E-state index in [1.54, 1.807) is 35.2 Å². The highest BCUT2D eigenvalue weighted by molar-refractivity contribution is 7.13. The summed E-state index contributed by atoms with van der Waals surface area (Å²) in [6, 6.07) is 11.3. The Hall–Kier alpha value is -4.18. The van der Waals surface area contributed by atoms with Gasteiger partial charge in [-0.2, -0.15) is 0 Å². The van der Waals surface area contributed by atoms with Crippen molar-refractivity contribution in [2.24, 2.45) is 10.9 Å². The Kier molecular flexibility index (Phi) is 8.35. The van der Waals surface area contributed by atoms with Crippen LogP contribution in [0.4, 0.5) is 0 Å². The van der Waals surface area contributed by atoms with E-state index in [0.29, 0.717) is 34.2 Å². The number of carbonyl (C=O) groups excluding carboxylic acids is 2. The van der Waals surface area contributed by atoms with Gasteiger partial charge in [-0.05, 0) is 37.6 Å². The van der Waals surface area contributed by atoms with E-state index >= 15 is 0 Å². The molecule has 3 aromatic rings. The predicted molar refractivity (Wildman–Crippen MR) is 149 cm³/mol. The summed E-state index contributed by atoms with van der Waals surface area (Å²) in [6.07, 6.45) is 0. The van der Waals surface area contributed by atoms with Crippen LogP contribution < -0.4 is 14.2 Å². The number of carbonyl (C=O) groups is 2. The normalized spacial score (nSPS) is 16.8. The van der Waals surface area contributed by atoms with Crippen LogP contribution in [0, 0.1) is 5.92 Å². The van der Waals surface area contributed by atoms with Gasteiger partial charge in [0.15, 0.2) is 11.5 Å². The summed E-state index contributed by atoms with van der Waals surface area (Å²) in [5.41, 5.74) is 4.53. The molecule has 0 radical (unpaired) electrons. The van der Waals surface area contributed by atoms with Crippen LogP contribution in [0.5, 0.6) is 17.2 Å². The zero-order valence-corrected chi connectivity index (χ0v) is 23.7. The monoisotopic (exact) mass is 550 g/mol. The maximum Gasteiger partial charge on any atom is 0.336 e. The van der Waals surface area contributed by atoms with E-state index in [4.69, 9.17) is 28.7 Å². The van der Waals surface area contributed by atoms with Crippen molar-refractivity contribution >= 4 is 29.0 Å². The van der Waals surface area contributed by atoms with Crippen molar-refractivity contribution in [3.8, 4) is 39.1 Å². The van der Waals surface area contributed by atoms with Crippen molar-refractivity contribution in [3.05, 3.63) is 58.6 Å². The van der Waals surface area contributed by atoms with Gasteiger partial charge in [0, 0.05) is 33.8 Å². The lowest BCUT2D eigenvalue weighted by Gasteiger charge is -2.31. The molecule has 2 unspecified atom stereocenters. The number of thiazole rings is 1. The topological polar surface area (TPSA) is 106 Å². The highest BCUT2D eigenvalue weighted by Gasteiger charge is 2.42. The van der Waals surface area contributed by atoms with Crippen LogP contribution in [-0.2, 0) is 19.1 Å². The van der Waals surface area contributed by atoms with Crippen LogP contribution in [0.2, 0.25) is 0 Å². The first kappa shape index (κ1) is 27.8. The lowest BCUT2D eigenvalue weighted by atomic mass is 9.75. The maximum absolute atomic E-state index is 12.9. The third-order valence-electron chi connectivity index (χ3n) is 6.65. The number of nitrogens with zero attached hydrogens (tertiary/aromatic N) is 2. The number of hydrogen-bond acceptors (Lipinski definition) is 10. The molecule has 10 heteroatoms. The van der Waals surface area contributed by atoms with Gasteiger partial charge in [-0.15, -0.1) is 11.3 Å². The largest absolute Gasteiger partial charge is 0.493 e. The summed E-state index contributed by atoms with van der Waals surface area (Å²) in [7, 11) is 7.33. The first-order valence-corrected chi connectivity index (χ1v) is 12.9. The SMILES string of the molecule is COC(=O)C1=C(C)N=C(C)C(C(=O)OC)C1c1cccc(-c2nc(-c3cc(OC)c(OC)c(OC)c3)cs2)c1. The molecule has 9 nitrogen and oxygen atoms in total. The second kappa shape index (κ2) is 11.7. The Morgan fingerprint density at radius 3 is 2.15 bits per heavy atom. The number of aromatic nitrogens is 1. The van der Waals surface area contributed by atoms with Crippen molar-refractivity contribution in [1.82, 2.24) is 4.98 Å². The van der Waals surface area contributed by atoms with E-state index in [-0.39, 0.29) is 0 Å². The van der Waals surface area contributed by atoms with Gasteiger partial charge in [-0.1, -0.05) is 18.2 Å². The molecule has 0 N–H and O–H groups in total. The molecule has 1 aromatic heterocycles. The molecule has 0 fully saturated rings. The lowest BCUT2D eigenvalue weighted by Crippen LogP contribution is -2.36. The lowest BCUT2D eigenvalue weighted by molar-refractivity contribution is -0.143. The summed E-state index contributed by atoms with van der Waals surface area (Å²) in [5, 5.41) is 2.71. The molecule has 1 aliphatic rings. The van der Waals surface area contributed by atoms with Crippen molar-refractivity contribution in [2.75, 3.05) is 35.5 Å². The van der Waals surface area contributed by atoms with Gasteiger partial charge in [0.1, 0.15) is 10.9 Å². The molecule has 4 rings (SSSR count). The van der Waals surface area contributed by atoms with Crippen LogP contribution in [0.15, 0.2) is 58.0 Å². The van der Waals surface area contributed by atoms with E-state index in [1.807, 2.05) is 41.8 Å². The fraction of sp³-hybridized carbons (Fsp3) is 0.310. The average molecular weight is 551 g/mol. The molecular weight excluding hydrogens is 520 g/mol. The highest BCUT2D eigenvalue weighted by Crippen LogP contribution is 2.43. The molecule has 0 saturated heterocycles. The number of allylic oxidation sites excluding steroid dienone is 1. The zero-order valence-electron chi connectivity index (χ0n) is 22.9. The molecule has 0 bridgehead atoms. The molecule has 204 valence electrons. The van der Waals surface area contributed by atoms with Crippen molar-refractivity contribution in [3.63, 3.8) is 0 Å². The minimum Gasteiger partial charge on any atom is -0.493 e. The maximum atomic E-state index is 12.9. The van der Waals surface area contributed by atoms with Gasteiger partial charge in [-0.3, -0.25) is 9.79 Å². The minimum atomic E-state index is -0.769. The number of benzene rings is 2. The van der Waals surface area contributed by atoms with Gasteiger partial charge in [-0.25, -0.2) is 9.78 Å². The van der Waals surface area contributed by atoms with Gasteiger partial charge in [0.25, 0.3) is 0 Å². The molecule has 1 aliphatic heterocycles. The number of methoxy groups -OCH3 is 5. The first-order chi connectivity index (χ1) is 18.8. The molecular formula is C29H30N2O7S. The number of hydrogen-bond donors (Lipinski definition) is 0. The Morgan fingerprint density at radius 1 is 0.872 bits per heavy atom. The van der Waals surface area contributed by atoms with Gasteiger partial charge in [0.2, 0.25) is 5.75 Å².